The van der Waals surface area contributed by atoms with Gasteiger partial charge in [-0.15, -0.1) is 0 Å². The van der Waals surface area contributed by atoms with Crippen LogP contribution >= 0.6 is 0 Å². The minimum atomic E-state index is -0.571. The van der Waals surface area contributed by atoms with Gasteiger partial charge in [-0.05, 0) is 37.1 Å². The molecule has 0 aromatic heterocycles. The predicted octanol–water partition coefficient (Wildman–Crippen LogP) is 1.48. The van der Waals surface area contributed by atoms with E-state index in [0.717, 1.165) is 25.3 Å². The fourth-order valence-corrected chi connectivity index (χ4v) is 3.05. The van der Waals surface area contributed by atoms with Gasteiger partial charge in [-0.1, -0.05) is 6.07 Å². The van der Waals surface area contributed by atoms with Crippen molar-refractivity contribution in [3.63, 3.8) is 0 Å². The molecule has 110 valence electrons. The molecule has 0 radical (unpaired) electrons. The zero-order valence-corrected chi connectivity index (χ0v) is 11.5. The van der Waals surface area contributed by atoms with Crippen LogP contribution in [0.1, 0.15) is 18.4 Å². The van der Waals surface area contributed by atoms with Crippen molar-refractivity contribution in [1.29, 1.82) is 0 Å². The molecule has 2 heterocycles. The second-order valence-electron chi connectivity index (χ2n) is 5.66. The van der Waals surface area contributed by atoms with E-state index < -0.39 is 5.82 Å². The molecule has 20 heavy (non-hydrogen) atoms. The summed E-state index contributed by atoms with van der Waals surface area (Å²) in [5.74, 6) is -0.873. The summed E-state index contributed by atoms with van der Waals surface area (Å²) in [6, 6.07) is 5.10. The molecule has 2 fully saturated rings. The van der Waals surface area contributed by atoms with Crippen molar-refractivity contribution in [2.24, 2.45) is 0 Å². The zero-order valence-electron chi connectivity index (χ0n) is 11.5. The summed E-state index contributed by atoms with van der Waals surface area (Å²) >= 11 is 0. The summed E-state index contributed by atoms with van der Waals surface area (Å²) in [5, 5.41) is 12.4. The standard InChI is InChI=1S/C15H21FN2O2/c16-14-6-11(3-4-15(14)19)7-17-8-13-9-18-5-1-2-12(18)10-20-13/h3-4,6,12-13,17,19H,1-2,5,7-10H2. The van der Waals surface area contributed by atoms with Gasteiger partial charge in [-0.2, -0.15) is 0 Å². The Bertz CT molecular complexity index is 469. The Morgan fingerprint density at radius 1 is 1.45 bits per heavy atom. The van der Waals surface area contributed by atoms with E-state index in [9.17, 15) is 4.39 Å². The van der Waals surface area contributed by atoms with Gasteiger partial charge in [0.25, 0.3) is 0 Å². The summed E-state index contributed by atoms with van der Waals surface area (Å²) in [4.78, 5) is 2.51. The van der Waals surface area contributed by atoms with E-state index in [0.29, 0.717) is 12.6 Å². The second kappa shape index (κ2) is 6.08. The number of hydrogen-bond acceptors (Lipinski definition) is 4. The van der Waals surface area contributed by atoms with Crippen molar-refractivity contribution in [1.82, 2.24) is 10.2 Å². The molecule has 2 unspecified atom stereocenters. The number of aromatic hydroxyl groups is 1. The molecular weight excluding hydrogens is 259 g/mol. The first-order chi connectivity index (χ1) is 9.72. The number of phenols is 1. The SMILES string of the molecule is Oc1ccc(CNCC2CN3CCCC3CO2)cc1F. The maximum Gasteiger partial charge on any atom is 0.165 e. The smallest absolute Gasteiger partial charge is 0.165 e. The van der Waals surface area contributed by atoms with E-state index in [4.69, 9.17) is 9.84 Å². The number of hydrogen-bond donors (Lipinski definition) is 2. The quantitative estimate of drug-likeness (QED) is 0.877. The third-order valence-electron chi connectivity index (χ3n) is 4.17. The number of benzene rings is 1. The van der Waals surface area contributed by atoms with Gasteiger partial charge in [0, 0.05) is 25.7 Å². The van der Waals surface area contributed by atoms with E-state index in [-0.39, 0.29) is 11.9 Å². The molecule has 0 amide bonds. The molecule has 0 aliphatic carbocycles. The second-order valence-corrected chi connectivity index (χ2v) is 5.66. The molecule has 0 bridgehead atoms. The molecule has 4 nitrogen and oxygen atoms in total. The van der Waals surface area contributed by atoms with E-state index in [2.05, 4.69) is 10.2 Å². The molecular formula is C15H21FN2O2. The number of ether oxygens (including phenoxy) is 1. The lowest BCUT2D eigenvalue weighted by molar-refractivity contribution is -0.0470. The molecule has 2 aliphatic heterocycles. The fourth-order valence-electron chi connectivity index (χ4n) is 3.05. The van der Waals surface area contributed by atoms with Crippen molar-refractivity contribution in [3.05, 3.63) is 29.6 Å². The van der Waals surface area contributed by atoms with Crippen LogP contribution in [0.5, 0.6) is 5.75 Å². The number of morpholine rings is 1. The summed E-state index contributed by atoms with van der Waals surface area (Å²) in [7, 11) is 0. The van der Waals surface area contributed by atoms with Crippen molar-refractivity contribution >= 4 is 0 Å². The van der Waals surface area contributed by atoms with Gasteiger partial charge in [-0.25, -0.2) is 4.39 Å². The average Bonchev–Trinajstić information content (AvgIpc) is 2.90. The Kier molecular flexibility index (Phi) is 4.19. The monoisotopic (exact) mass is 280 g/mol. The highest BCUT2D eigenvalue weighted by molar-refractivity contribution is 5.27. The lowest BCUT2D eigenvalue weighted by atomic mass is 10.1. The van der Waals surface area contributed by atoms with Gasteiger partial charge in [0.2, 0.25) is 0 Å². The number of fused-ring (bicyclic) bond motifs is 1. The summed E-state index contributed by atoms with van der Waals surface area (Å²) in [6.07, 6.45) is 2.75. The number of rotatable bonds is 4. The van der Waals surface area contributed by atoms with Crippen LogP contribution < -0.4 is 5.32 Å². The highest BCUT2D eigenvalue weighted by atomic mass is 19.1. The molecule has 3 rings (SSSR count). The highest BCUT2D eigenvalue weighted by Gasteiger charge is 2.31. The molecule has 0 spiro atoms. The van der Waals surface area contributed by atoms with E-state index in [1.807, 2.05) is 0 Å². The summed E-state index contributed by atoms with van der Waals surface area (Å²) < 4.78 is 19.1. The Morgan fingerprint density at radius 2 is 2.35 bits per heavy atom. The van der Waals surface area contributed by atoms with Gasteiger partial charge >= 0.3 is 0 Å². The van der Waals surface area contributed by atoms with Gasteiger partial charge in [0.15, 0.2) is 11.6 Å². The van der Waals surface area contributed by atoms with Gasteiger partial charge < -0.3 is 15.2 Å². The summed E-state index contributed by atoms with van der Waals surface area (Å²) in [5.41, 5.74) is 0.829. The molecule has 0 saturated carbocycles. The van der Waals surface area contributed by atoms with E-state index in [1.165, 1.54) is 31.5 Å². The maximum absolute atomic E-state index is 13.2. The Morgan fingerprint density at radius 3 is 3.20 bits per heavy atom. The van der Waals surface area contributed by atoms with Gasteiger partial charge in [0.1, 0.15) is 0 Å². The summed E-state index contributed by atoms with van der Waals surface area (Å²) in [6.45, 7) is 4.36. The average molecular weight is 280 g/mol. The topological polar surface area (TPSA) is 44.7 Å². The van der Waals surface area contributed by atoms with Crippen LogP contribution in [0.15, 0.2) is 18.2 Å². The molecule has 2 saturated heterocycles. The molecule has 1 aromatic carbocycles. The van der Waals surface area contributed by atoms with Crippen molar-refractivity contribution < 1.29 is 14.2 Å². The molecule has 5 heteroatoms. The highest BCUT2D eigenvalue weighted by Crippen LogP contribution is 2.22. The normalized spacial score (nSPS) is 26.6. The number of halogens is 1. The van der Waals surface area contributed by atoms with Crippen LogP contribution in [0.3, 0.4) is 0 Å². The van der Waals surface area contributed by atoms with E-state index >= 15 is 0 Å². The first-order valence-electron chi connectivity index (χ1n) is 7.26. The minimum absolute atomic E-state index is 0.214. The molecule has 2 aliphatic rings. The Hall–Kier alpha value is -1.17. The van der Waals surface area contributed by atoms with Crippen LogP contribution in [0.25, 0.3) is 0 Å². The fraction of sp³-hybridized carbons (Fsp3) is 0.600. The van der Waals surface area contributed by atoms with Gasteiger partial charge in [-0.3, -0.25) is 4.90 Å². The third-order valence-corrected chi connectivity index (χ3v) is 4.17. The lowest BCUT2D eigenvalue weighted by Crippen LogP contribution is -2.49. The lowest BCUT2D eigenvalue weighted by Gasteiger charge is -2.35. The van der Waals surface area contributed by atoms with Crippen molar-refractivity contribution in [2.45, 2.75) is 31.5 Å². The van der Waals surface area contributed by atoms with Crippen LogP contribution in [-0.4, -0.2) is 48.4 Å². The predicted molar refractivity (Wildman–Crippen MR) is 74.1 cm³/mol. The minimum Gasteiger partial charge on any atom is -0.505 e. The van der Waals surface area contributed by atoms with Crippen LogP contribution in [0.4, 0.5) is 4.39 Å². The first-order valence-corrected chi connectivity index (χ1v) is 7.26. The Balaban J connectivity index is 1.44. The zero-order chi connectivity index (χ0) is 13.9. The number of nitrogens with zero attached hydrogens (tertiary/aromatic N) is 1. The van der Waals surface area contributed by atoms with Crippen LogP contribution in [0.2, 0.25) is 0 Å². The first kappa shape index (κ1) is 13.8. The maximum atomic E-state index is 13.2. The molecule has 1 aromatic rings. The van der Waals surface area contributed by atoms with E-state index in [1.54, 1.807) is 6.07 Å². The van der Waals surface area contributed by atoms with Crippen LogP contribution in [0, 0.1) is 5.82 Å². The van der Waals surface area contributed by atoms with Crippen LogP contribution in [-0.2, 0) is 11.3 Å². The third kappa shape index (κ3) is 3.11. The van der Waals surface area contributed by atoms with Gasteiger partial charge in [0.05, 0.1) is 12.7 Å². The number of nitrogens with one attached hydrogen (secondary N) is 1. The van der Waals surface area contributed by atoms with Crippen molar-refractivity contribution in [3.8, 4) is 5.75 Å². The molecule has 2 atom stereocenters. The Labute approximate surface area is 118 Å². The molecule has 2 N–H and O–H groups in total. The van der Waals surface area contributed by atoms with Crippen molar-refractivity contribution in [2.75, 3.05) is 26.2 Å². The largest absolute Gasteiger partial charge is 0.505 e. The number of phenolic OH excluding ortho intramolecular Hbond substituents is 1.